The normalized spacial score (nSPS) is 21.6. The van der Waals surface area contributed by atoms with Crippen molar-refractivity contribution in [3.63, 3.8) is 0 Å². The minimum Gasteiger partial charge on any atom is -0.444 e. The number of likely N-dealkylation sites (tertiary alicyclic amines) is 1. The molecule has 2 aliphatic heterocycles. The number of carbonyl (C=O) groups is 1. The summed E-state index contributed by atoms with van der Waals surface area (Å²) < 4.78 is 10.9. The third-order valence-electron chi connectivity index (χ3n) is 5.66. The molecule has 32 heavy (non-hydrogen) atoms. The lowest BCUT2D eigenvalue weighted by atomic mass is 10.0. The summed E-state index contributed by atoms with van der Waals surface area (Å²) in [6.07, 6.45) is 3.19. The Labute approximate surface area is 212 Å². The quantitative estimate of drug-likeness (QED) is 0.267. The highest BCUT2D eigenvalue weighted by Crippen LogP contribution is 2.17. The fourth-order valence-corrected chi connectivity index (χ4v) is 4.05. The predicted octanol–water partition coefficient (Wildman–Crippen LogP) is 3.16. The van der Waals surface area contributed by atoms with E-state index in [2.05, 4.69) is 29.4 Å². The first-order chi connectivity index (χ1) is 14.7. The molecular weight excluding hydrogens is 521 g/mol. The van der Waals surface area contributed by atoms with Crippen molar-refractivity contribution in [3.05, 3.63) is 0 Å². The van der Waals surface area contributed by atoms with Gasteiger partial charge in [0.05, 0.1) is 6.61 Å². The van der Waals surface area contributed by atoms with E-state index in [0.717, 1.165) is 51.6 Å². The van der Waals surface area contributed by atoms with Crippen LogP contribution in [-0.2, 0) is 9.47 Å². The van der Waals surface area contributed by atoms with Crippen molar-refractivity contribution in [1.82, 2.24) is 20.4 Å². The first kappa shape index (κ1) is 29.2. The summed E-state index contributed by atoms with van der Waals surface area (Å²) in [6.45, 7) is 17.2. The Morgan fingerprint density at radius 3 is 2.53 bits per heavy atom. The molecule has 0 radical (unpaired) electrons. The molecule has 0 bridgehead atoms. The van der Waals surface area contributed by atoms with Gasteiger partial charge in [-0.15, -0.1) is 24.0 Å². The standard InChI is InChI=1S/C23H45N5O3.HI/c1-7-24-21(25-14-18(2)15-27(6)22(29)31-23(3,4)5)26-20-8-11-28(12-9-20)16-19-10-13-30-17-19;/h18-20H,7-17H2,1-6H3,(H2,24,25,26);1H. The fourth-order valence-electron chi connectivity index (χ4n) is 4.05. The van der Waals surface area contributed by atoms with Crippen molar-refractivity contribution in [2.24, 2.45) is 16.8 Å². The number of nitrogens with one attached hydrogen (secondary N) is 2. The van der Waals surface area contributed by atoms with E-state index < -0.39 is 5.60 Å². The van der Waals surface area contributed by atoms with E-state index in [-0.39, 0.29) is 36.0 Å². The first-order valence-electron chi connectivity index (χ1n) is 11.9. The maximum absolute atomic E-state index is 12.2. The summed E-state index contributed by atoms with van der Waals surface area (Å²) in [5.74, 6) is 1.82. The Bertz CT molecular complexity index is 570. The molecule has 2 unspecified atom stereocenters. The Hall–Kier alpha value is -0.810. The zero-order chi connectivity index (χ0) is 22.9. The molecule has 0 aromatic rings. The molecule has 0 aromatic heterocycles. The Kier molecular flexibility index (Phi) is 13.2. The number of piperidine rings is 1. The molecule has 2 N–H and O–H groups in total. The van der Waals surface area contributed by atoms with Crippen LogP contribution in [0.5, 0.6) is 0 Å². The van der Waals surface area contributed by atoms with Crippen LogP contribution in [0.4, 0.5) is 4.79 Å². The summed E-state index contributed by atoms with van der Waals surface area (Å²) in [5, 5.41) is 6.98. The third-order valence-corrected chi connectivity index (χ3v) is 5.66. The summed E-state index contributed by atoms with van der Waals surface area (Å²) in [4.78, 5) is 21.2. The summed E-state index contributed by atoms with van der Waals surface area (Å²) in [5.41, 5.74) is -0.477. The highest BCUT2D eigenvalue weighted by molar-refractivity contribution is 14.0. The van der Waals surface area contributed by atoms with Crippen LogP contribution < -0.4 is 10.6 Å². The van der Waals surface area contributed by atoms with E-state index >= 15 is 0 Å². The van der Waals surface area contributed by atoms with E-state index in [1.807, 2.05) is 20.8 Å². The van der Waals surface area contributed by atoms with Gasteiger partial charge in [0.2, 0.25) is 0 Å². The molecule has 188 valence electrons. The molecule has 2 rings (SSSR count). The predicted molar refractivity (Wildman–Crippen MR) is 141 cm³/mol. The molecule has 1 amide bonds. The van der Waals surface area contributed by atoms with E-state index in [0.29, 0.717) is 25.0 Å². The molecule has 9 heteroatoms. The molecule has 0 aromatic carbocycles. The lowest BCUT2D eigenvalue weighted by Gasteiger charge is -2.34. The van der Waals surface area contributed by atoms with Crippen LogP contribution in [0.2, 0.25) is 0 Å². The van der Waals surface area contributed by atoms with Gasteiger partial charge in [-0.25, -0.2) is 4.79 Å². The lowest BCUT2D eigenvalue weighted by Crippen LogP contribution is -2.49. The number of carbonyl (C=O) groups excluding carboxylic acids is 1. The molecule has 0 saturated carbocycles. The SMILES string of the molecule is CCNC(=NCC(C)CN(C)C(=O)OC(C)(C)C)NC1CCN(CC2CCOC2)CC1.I. The Morgan fingerprint density at radius 2 is 1.97 bits per heavy atom. The number of ether oxygens (including phenoxy) is 2. The number of amides is 1. The van der Waals surface area contributed by atoms with Gasteiger partial charge in [0.1, 0.15) is 5.60 Å². The monoisotopic (exact) mass is 567 g/mol. The van der Waals surface area contributed by atoms with E-state index in [9.17, 15) is 4.79 Å². The van der Waals surface area contributed by atoms with E-state index in [1.165, 1.54) is 13.0 Å². The summed E-state index contributed by atoms with van der Waals surface area (Å²) >= 11 is 0. The van der Waals surface area contributed by atoms with Gasteiger partial charge in [-0.2, -0.15) is 0 Å². The van der Waals surface area contributed by atoms with Crippen LogP contribution in [-0.4, -0.2) is 93.0 Å². The molecule has 2 fully saturated rings. The molecular formula is C23H46IN5O3. The van der Waals surface area contributed by atoms with Gasteiger partial charge in [0.15, 0.2) is 5.96 Å². The summed E-state index contributed by atoms with van der Waals surface area (Å²) in [7, 11) is 1.78. The van der Waals surface area contributed by atoms with Gasteiger partial charge in [-0.05, 0) is 58.8 Å². The average molecular weight is 568 g/mol. The van der Waals surface area contributed by atoms with Gasteiger partial charge in [0.25, 0.3) is 0 Å². The van der Waals surface area contributed by atoms with Crippen molar-refractivity contribution in [2.75, 3.05) is 59.5 Å². The van der Waals surface area contributed by atoms with Crippen molar-refractivity contribution in [2.45, 2.75) is 65.5 Å². The van der Waals surface area contributed by atoms with Crippen molar-refractivity contribution < 1.29 is 14.3 Å². The number of halogens is 1. The minimum atomic E-state index is -0.477. The number of rotatable bonds is 8. The van der Waals surface area contributed by atoms with Crippen molar-refractivity contribution in [3.8, 4) is 0 Å². The molecule has 2 saturated heterocycles. The smallest absolute Gasteiger partial charge is 0.410 e. The van der Waals surface area contributed by atoms with Gasteiger partial charge >= 0.3 is 6.09 Å². The minimum absolute atomic E-state index is 0. The average Bonchev–Trinajstić information content (AvgIpc) is 3.19. The maximum atomic E-state index is 12.2. The highest BCUT2D eigenvalue weighted by atomic mass is 127. The van der Waals surface area contributed by atoms with Gasteiger partial charge in [-0.3, -0.25) is 4.99 Å². The van der Waals surface area contributed by atoms with Gasteiger partial charge in [0, 0.05) is 59.0 Å². The van der Waals surface area contributed by atoms with E-state index in [1.54, 1.807) is 11.9 Å². The Balaban J connectivity index is 0.00000512. The number of hydrogen-bond donors (Lipinski definition) is 2. The number of hydrogen-bond acceptors (Lipinski definition) is 5. The molecule has 2 atom stereocenters. The second kappa shape index (κ2) is 14.5. The zero-order valence-corrected chi connectivity index (χ0v) is 23.3. The lowest BCUT2D eigenvalue weighted by molar-refractivity contribution is 0.0279. The number of guanidine groups is 1. The molecule has 2 aliphatic rings. The van der Waals surface area contributed by atoms with Crippen LogP contribution >= 0.6 is 24.0 Å². The molecule has 0 spiro atoms. The van der Waals surface area contributed by atoms with Gasteiger partial charge in [-0.1, -0.05) is 6.92 Å². The van der Waals surface area contributed by atoms with Crippen molar-refractivity contribution in [1.29, 1.82) is 0 Å². The number of aliphatic imine (C=N–C) groups is 1. The van der Waals surface area contributed by atoms with Crippen LogP contribution in [0.25, 0.3) is 0 Å². The van der Waals surface area contributed by atoms with Crippen LogP contribution in [0, 0.1) is 11.8 Å². The second-order valence-electron chi connectivity index (χ2n) is 10.1. The first-order valence-corrected chi connectivity index (χ1v) is 11.9. The second-order valence-corrected chi connectivity index (χ2v) is 10.1. The van der Waals surface area contributed by atoms with Gasteiger partial charge < -0.3 is 29.9 Å². The summed E-state index contributed by atoms with van der Waals surface area (Å²) in [6, 6.07) is 0.452. The maximum Gasteiger partial charge on any atom is 0.410 e. The molecule has 2 heterocycles. The largest absolute Gasteiger partial charge is 0.444 e. The molecule has 8 nitrogen and oxygen atoms in total. The van der Waals surface area contributed by atoms with Crippen molar-refractivity contribution >= 4 is 36.0 Å². The molecule has 0 aliphatic carbocycles. The Morgan fingerprint density at radius 1 is 1.28 bits per heavy atom. The van der Waals surface area contributed by atoms with Crippen LogP contribution in [0.3, 0.4) is 0 Å². The highest BCUT2D eigenvalue weighted by Gasteiger charge is 2.24. The van der Waals surface area contributed by atoms with Crippen LogP contribution in [0.15, 0.2) is 4.99 Å². The fraction of sp³-hybridized carbons (Fsp3) is 0.913. The van der Waals surface area contributed by atoms with E-state index in [4.69, 9.17) is 14.5 Å². The third kappa shape index (κ3) is 11.4. The number of nitrogens with zero attached hydrogens (tertiary/aromatic N) is 3. The zero-order valence-electron chi connectivity index (χ0n) is 21.0. The van der Waals surface area contributed by atoms with Crippen LogP contribution in [0.1, 0.15) is 53.9 Å². The topological polar surface area (TPSA) is 78.4 Å².